The Morgan fingerprint density at radius 3 is 2.21 bits per heavy atom. The van der Waals surface area contributed by atoms with Crippen LogP contribution in [-0.4, -0.2) is 0 Å². The van der Waals surface area contributed by atoms with E-state index in [1.54, 1.807) is 0 Å². The Hall–Kier alpha value is -1.50. The lowest BCUT2D eigenvalue weighted by molar-refractivity contribution is 1.25. The van der Waals surface area contributed by atoms with Crippen LogP contribution in [0.25, 0.3) is 0 Å². The van der Waals surface area contributed by atoms with Crippen LogP contribution in [0.4, 0.5) is 5.69 Å². The zero-order valence-electron chi connectivity index (χ0n) is 9.07. The lowest BCUT2D eigenvalue weighted by Gasteiger charge is -2.15. The topological polar surface area (TPSA) is 3.24 Å². The zero-order valence-corrected chi connectivity index (χ0v) is 9.07. The first kappa shape index (κ1) is 10.6. The number of rotatable bonds is 3. The number of hydrogen-bond donors (Lipinski definition) is 0. The van der Waals surface area contributed by atoms with Gasteiger partial charge in [-0.1, -0.05) is 24.3 Å². The summed E-state index contributed by atoms with van der Waals surface area (Å²) in [6, 6.07) is 8.45. The molecule has 1 nitrogen and oxygen atoms in total. The predicted octanol–water partition coefficient (Wildman–Crippen LogP) is 3.87. The van der Waals surface area contributed by atoms with Gasteiger partial charge in [0.2, 0.25) is 0 Å². The largest absolute Gasteiger partial charge is 0.325 e. The predicted molar refractivity (Wildman–Crippen MR) is 63.3 cm³/mol. The average Bonchev–Trinajstić information content (AvgIpc) is 2.17. The smallest absolute Gasteiger partial charge is 0.0451 e. The monoisotopic (exact) mass is 187 g/mol. The molecule has 0 radical (unpaired) electrons. The van der Waals surface area contributed by atoms with Gasteiger partial charge in [0, 0.05) is 18.1 Å². The molecule has 0 amide bonds. The molecule has 0 atom stereocenters. The Bertz CT molecular complexity index is 325. The van der Waals surface area contributed by atoms with Crippen molar-refractivity contribution in [3.8, 4) is 0 Å². The first-order valence-electron chi connectivity index (χ1n) is 4.88. The quantitative estimate of drug-likeness (QED) is 0.694. The van der Waals surface area contributed by atoms with E-state index >= 15 is 0 Å². The summed E-state index contributed by atoms with van der Waals surface area (Å²) >= 11 is 0. The van der Waals surface area contributed by atoms with Gasteiger partial charge in [0.15, 0.2) is 0 Å². The maximum absolute atomic E-state index is 2.17. The van der Waals surface area contributed by atoms with Crippen LogP contribution in [0, 0.1) is 6.92 Å². The van der Waals surface area contributed by atoms with E-state index in [0.29, 0.717) is 0 Å². The Morgan fingerprint density at radius 1 is 1.07 bits per heavy atom. The maximum atomic E-state index is 2.17. The first-order valence-corrected chi connectivity index (χ1v) is 4.88. The van der Waals surface area contributed by atoms with E-state index < -0.39 is 0 Å². The number of hydrogen-bond acceptors (Lipinski definition) is 1. The molecule has 0 spiro atoms. The lowest BCUT2D eigenvalue weighted by atomic mass is 10.2. The SMILES string of the molecule is C/C=C\N(/C=C\C)c1cccc(C)c1. The molecule has 0 saturated carbocycles. The number of nitrogens with zero attached hydrogens (tertiary/aromatic N) is 1. The normalized spacial score (nSPS) is 11.4. The third kappa shape index (κ3) is 2.77. The highest BCUT2D eigenvalue weighted by molar-refractivity contribution is 5.53. The number of aryl methyl sites for hydroxylation is 1. The highest BCUT2D eigenvalue weighted by atomic mass is 15.1. The van der Waals surface area contributed by atoms with Crippen LogP contribution in [0.15, 0.2) is 48.8 Å². The molecule has 0 aliphatic carbocycles. The molecule has 1 rings (SSSR count). The fraction of sp³-hybridized carbons (Fsp3) is 0.231. The van der Waals surface area contributed by atoms with Crippen molar-refractivity contribution < 1.29 is 0 Å². The Morgan fingerprint density at radius 2 is 1.71 bits per heavy atom. The Labute approximate surface area is 86.4 Å². The summed E-state index contributed by atoms with van der Waals surface area (Å²) in [7, 11) is 0. The second-order valence-corrected chi connectivity index (χ2v) is 3.21. The summed E-state index contributed by atoms with van der Waals surface area (Å²) in [5.74, 6) is 0. The molecule has 1 aromatic carbocycles. The van der Waals surface area contributed by atoms with Gasteiger partial charge in [-0.2, -0.15) is 0 Å². The molecule has 0 aromatic heterocycles. The van der Waals surface area contributed by atoms with Crippen molar-refractivity contribution in [1.29, 1.82) is 0 Å². The molecular formula is C13H17N. The van der Waals surface area contributed by atoms with Gasteiger partial charge in [0.1, 0.15) is 0 Å². The van der Waals surface area contributed by atoms with Gasteiger partial charge in [-0.05, 0) is 38.5 Å². The van der Waals surface area contributed by atoms with Crippen LogP contribution in [0.2, 0.25) is 0 Å². The molecule has 0 saturated heterocycles. The average molecular weight is 187 g/mol. The number of anilines is 1. The molecule has 14 heavy (non-hydrogen) atoms. The van der Waals surface area contributed by atoms with Gasteiger partial charge in [-0.15, -0.1) is 0 Å². The molecular weight excluding hydrogens is 170 g/mol. The van der Waals surface area contributed by atoms with Crippen molar-refractivity contribution >= 4 is 5.69 Å². The van der Waals surface area contributed by atoms with Gasteiger partial charge in [-0.25, -0.2) is 0 Å². The molecule has 0 fully saturated rings. The van der Waals surface area contributed by atoms with E-state index in [9.17, 15) is 0 Å². The Kier molecular flexibility index (Phi) is 3.99. The molecule has 0 aliphatic heterocycles. The highest BCUT2D eigenvalue weighted by Crippen LogP contribution is 2.16. The summed E-state index contributed by atoms with van der Waals surface area (Å²) in [5, 5.41) is 0. The van der Waals surface area contributed by atoms with Crippen LogP contribution in [0.1, 0.15) is 19.4 Å². The molecule has 0 unspecified atom stereocenters. The lowest BCUT2D eigenvalue weighted by Crippen LogP contribution is -2.06. The molecule has 0 bridgehead atoms. The summed E-state index contributed by atoms with van der Waals surface area (Å²) in [6.45, 7) is 6.14. The summed E-state index contributed by atoms with van der Waals surface area (Å²) in [6.07, 6.45) is 8.16. The number of benzene rings is 1. The standard InChI is InChI=1S/C13H17N/c1-4-9-14(10-5-2)13-8-6-7-12(3)11-13/h4-11H,1-3H3/b9-4-,10-5-. The molecule has 0 heterocycles. The number of allylic oxidation sites excluding steroid dienone is 2. The van der Waals surface area contributed by atoms with E-state index in [1.807, 2.05) is 26.0 Å². The zero-order chi connectivity index (χ0) is 10.4. The van der Waals surface area contributed by atoms with Crippen LogP contribution in [-0.2, 0) is 0 Å². The van der Waals surface area contributed by atoms with Crippen LogP contribution < -0.4 is 4.90 Å². The fourth-order valence-electron chi connectivity index (χ4n) is 1.33. The molecule has 0 aliphatic rings. The van der Waals surface area contributed by atoms with Crippen molar-refractivity contribution in [3.05, 3.63) is 54.4 Å². The van der Waals surface area contributed by atoms with Crippen molar-refractivity contribution in [2.75, 3.05) is 4.90 Å². The summed E-state index contributed by atoms with van der Waals surface area (Å²) in [4.78, 5) is 2.10. The second kappa shape index (κ2) is 5.28. The van der Waals surface area contributed by atoms with Gasteiger partial charge < -0.3 is 4.90 Å². The minimum Gasteiger partial charge on any atom is -0.325 e. The van der Waals surface area contributed by atoms with E-state index in [1.165, 1.54) is 11.3 Å². The summed E-state index contributed by atoms with van der Waals surface area (Å²) in [5.41, 5.74) is 2.47. The van der Waals surface area contributed by atoms with Crippen LogP contribution >= 0.6 is 0 Å². The van der Waals surface area contributed by atoms with Gasteiger partial charge >= 0.3 is 0 Å². The van der Waals surface area contributed by atoms with Gasteiger partial charge in [0.25, 0.3) is 0 Å². The van der Waals surface area contributed by atoms with Crippen LogP contribution in [0.5, 0.6) is 0 Å². The van der Waals surface area contributed by atoms with Crippen molar-refractivity contribution in [2.24, 2.45) is 0 Å². The van der Waals surface area contributed by atoms with Crippen molar-refractivity contribution in [1.82, 2.24) is 0 Å². The van der Waals surface area contributed by atoms with E-state index in [-0.39, 0.29) is 0 Å². The van der Waals surface area contributed by atoms with E-state index in [4.69, 9.17) is 0 Å². The first-order chi connectivity index (χ1) is 6.77. The molecule has 0 N–H and O–H groups in total. The van der Waals surface area contributed by atoms with Crippen molar-refractivity contribution in [3.63, 3.8) is 0 Å². The van der Waals surface area contributed by atoms with Gasteiger partial charge in [0.05, 0.1) is 0 Å². The van der Waals surface area contributed by atoms with Gasteiger partial charge in [-0.3, -0.25) is 0 Å². The maximum Gasteiger partial charge on any atom is 0.0451 e. The third-order valence-corrected chi connectivity index (χ3v) is 1.92. The molecule has 1 heteroatoms. The van der Waals surface area contributed by atoms with Crippen LogP contribution in [0.3, 0.4) is 0 Å². The third-order valence-electron chi connectivity index (χ3n) is 1.92. The molecule has 74 valence electrons. The highest BCUT2D eigenvalue weighted by Gasteiger charge is 1.97. The summed E-state index contributed by atoms with van der Waals surface area (Å²) < 4.78 is 0. The van der Waals surface area contributed by atoms with E-state index in [0.717, 1.165) is 0 Å². The minimum absolute atomic E-state index is 1.20. The Balaban J connectivity index is 2.98. The molecule has 1 aromatic rings. The van der Waals surface area contributed by atoms with Crippen molar-refractivity contribution in [2.45, 2.75) is 20.8 Å². The van der Waals surface area contributed by atoms with E-state index in [2.05, 4.69) is 48.5 Å². The second-order valence-electron chi connectivity index (χ2n) is 3.21. The minimum atomic E-state index is 1.20. The fourth-order valence-corrected chi connectivity index (χ4v) is 1.33.